The summed E-state index contributed by atoms with van der Waals surface area (Å²) in [5.41, 5.74) is 23.0. The third kappa shape index (κ3) is 23.8. The van der Waals surface area contributed by atoms with Crippen LogP contribution in [-0.4, -0.2) is 137 Å². The highest BCUT2D eigenvalue weighted by Gasteiger charge is 2.34. The smallest absolute Gasteiger partial charge is 0.326 e. The van der Waals surface area contributed by atoms with Gasteiger partial charge in [-0.05, 0) is 58.4 Å². The number of guanidine groups is 2. The van der Waals surface area contributed by atoms with Gasteiger partial charge in [-0.1, -0.05) is 74.1 Å². The minimum Gasteiger partial charge on any atom is -0.480 e. The zero-order valence-electron chi connectivity index (χ0n) is 43.1. The number of hydrogen-bond acceptors (Lipinski definition) is 13. The zero-order chi connectivity index (χ0) is 56.4. The van der Waals surface area contributed by atoms with Crippen LogP contribution in [0, 0.1) is 11.8 Å². The number of amides is 7. The maximum atomic E-state index is 14.3. The molecule has 0 aliphatic carbocycles. The van der Waals surface area contributed by atoms with Gasteiger partial charge in [0.05, 0.1) is 18.4 Å². The number of allylic oxidation sites excluding steroid dienone is 3. The Kier molecular flexibility index (Phi) is 26.8. The van der Waals surface area contributed by atoms with Gasteiger partial charge < -0.3 is 75.1 Å². The molecular formula is C49H73N13O13. The number of carboxylic acids is 2. The fraction of sp³-hybridized carbons (Fsp3) is 0.510. The van der Waals surface area contributed by atoms with E-state index < -0.39 is 127 Å². The highest BCUT2D eigenvalue weighted by molar-refractivity contribution is 6.00. The first-order valence-corrected chi connectivity index (χ1v) is 24.2. The van der Waals surface area contributed by atoms with Gasteiger partial charge in [0.25, 0.3) is 5.91 Å². The molecule has 0 bridgehead atoms. The molecule has 26 heteroatoms. The van der Waals surface area contributed by atoms with Crippen LogP contribution < -0.4 is 60.2 Å². The van der Waals surface area contributed by atoms with E-state index in [-0.39, 0.29) is 62.3 Å². The van der Waals surface area contributed by atoms with Crippen molar-refractivity contribution in [1.82, 2.24) is 37.2 Å². The molecule has 0 spiro atoms. The average Bonchev–Trinajstić information content (AvgIpc) is 3.33. The van der Waals surface area contributed by atoms with Crippen molar-refractivity contribution in [3.05, 3.63) is 71.5 Å². The molecule has 1 aromatic carbocycles. The highest BCUT2D eigenvalue weighted by Crippen LogP contribution is 2.19. The molecule has 0 saturated carbocycles. The maximum absolute atomic E-state index is 14.3. The summed E-state index contributed by atoms with van der Waals surface area (Å²) in [4.78, 5) is 140. The number of nitrogens with one attached hydrogen (secondary N) is 7. The van der Waals surface area contributed by atoms with Crippen molar-refractivity contribution in [2.24, 2.45) is 44.8 Å². The van der Waals surface area contributed by atoms with Gasteiger partial charge in [0.2, 0.25) is 35.4 Å². The second-order valence-electron chi connectivity index (χ2n) is 17.9. The minimum absolute atomic E-state index is 0.00827. The largest absolute Gasteiger partial charge is 0.480 e. The number of hydrogen-bond donors (Lipinski definition) is 13. The summed E-state index contributed by atoms with van der Waals surface area (Å²) in [6, 6.07) is 0.201. The number of carbonyl (C=O) groups is 10. The molecule has 1 fully saturated rings. The van der Waals surface area contributed by atoms with Crippen molar-refractivity contribution in [2.75, 3.05) is 13.1 Å². The molecule has 1 aliphatic rings. The number of nitrogens with two attached hydrogens (primary N) is 4. The topological polar surface area (TPSA) is 433 Å². The lowest BCUT2D eigenvalue weighted by Crippen LogP contribution is -2.56. The van der Waals surface area contributed by atoms with Crippen LogP contribution in [0.1, 0.15) is 92.1 Å². The third-order valence-electron chi connectivity index (χ3n) is 11.5. The summed E-state index contributed by atoms with van der Waals surface area (Å²) in [5.74, 6) is -12.4. The van der Waals surface area contributed by atoms with Gasteiger partial charge >= 0.3 is 17.9 Å². The van der Waals surface area contributed by atoms with Crippen molar-refractivity contribution in [3.8, 4) is 0 Å². The molecule has 7 amide bonds. The number of carboxylic acid groups (broad SMARTS) is 2. The Bertz CT molecular complexity index is 2350. The van der Waals surface area contributed by atoms with Crippen LogP contribution in [0.3, 0.4) is 0 Å². The van der Waals surface area contributed by atoms with Crippen molar-refractivity contribution in [1.29, 1.82) is 0 Å². The molecule has 1 saturated heterocycles. The number of aliphatic carboxylic acids is 2. The van der Waals surface area contributed by atoms with Crippen LogP contribution in [0.4, 0.5) is 0 Å². The first-order chi connectivity index (χ1) is 35.3. The van der Waals surface area contributed by atoms with E-state index in [0.717, 1.165) is 5.56 Å². The lowest BCUT2D eigenvalue weighted by molar-refractivity contribution is -0.148. The summed E-state index contributed by atoms with van der Waals surface area (Å²) < 4.78 is 5.67. The first-order valence-electron chi connectivity index (χ1n) is 24.2. The molecule has 2 rings (SSSR count). The van der Waals surface area contributed by atoms with Crippen molar-refractivity contribution < 1.29 is 62.9 Å². The quantitative estimate of drug-likeness (QED) is 0.0207. The van der Waals surface area contributed by atoms with Crippen molar-refractivity contribution >= 4 is 71.2 Å². The summed E-state index contributed by atoms with van der Waals surface area (Å²) in [7, 11) is 0. The first kappa shape index (κ1) is 62.8. The molecule has 0 radical (unpaired) electrons. The zero-order valence-corrected chi connectivity index (χ0v) is 43.1. The fourth-order valence-electron chi connectivity index (χ4n) is 7.40. The fourth-order valence-corrected chi connectivity index (χ4v) is 7.40. The van der Waals surface area contributed by atoms with E-state index >= 15 is 0 Å². The molecule has 9 atom stereocenters. The Balaban J connectivity index is 2.72. The number of benzene rings is 1. The summed E-state index contributed by atoms with van der Waals surface area (Å²) in [6.45, 7) is 8.88. The Hall–Kier alpha value is -8.32. The van der Waals surface area contributed by atoms with Gasteiger partial charge in [-0.15, -0.1) is 0 Å². The van der Waals surface area contributed by atoms with Crippen molar-refractivity contribution in [3.63, 3.8) is 0 Å². The predicted molar refractivity (Wildman–Crippen MR) is 275 cm³/mol. The molecule has 1 aliphatic heterocycles. The lowest BCUT2D eigenvalue weighted by Gasteiger charge is -2.27. The summed E-state index contributed by atoms with van der Waals surface area (Å²) >= 11 is 0. The SMILES string of the molecule is C/C=C1\NC(=O)CC[C@H](C(=O)O)NC(=O)[C@@H](C)C(/C=C/C(C)=C/[C@H](C)[C@H](Cc2ccccc2)OC(C)=O)NC(=O)C(CCCN=C(N)N)NC(=O)CC(C(=O)O)NC(=O)[C@H](CCCN=C(N)N)NC(=O)[C@@H](C)NC1=O. The molecule has 17 N–H and O–H groups in total. The molecule has 3 unspecified atom stereocenters. The van der Waals surface area contributed by atoms with E-state index in [1.165, 1.54) is 39.8 Å². The van der Waals surface area contributed by atoms with Gasteiger partial charge in [-0.25, -0.2) is 9.59 Å². The van der Waals surface area contributed by atoms with Crippen LogP contribution in [-0.2, 0) is 59.1 Å². The Morgan fingerprint density at radius 2 is 1.31 bits per heavy atom. The molecule has 1 aromatic rings. The Morgan fingerprint density at radius 3 is 1.85 bits per heavy atom. The molecule has 75 heavy (non-hydrogen) atoms. The van der Waals surface area contributed by atoms with E-state index in [4.69, 9.17) is 27.7 Å². The third-order valence-corrected chi connectivity index (χ3v) is 11.5. The van der Waals surface area contributed by atoms with Gasteiger partial charge in [0.1, 0.15) is 42.0 Å². The van der Waals surface area contributed by atoms with Crippen LogP contribution >= 0.6 is 0 Å². The number of rotatable bonds is 17. The highest BCUT2D eigenvalue weighted by atomic mass is 16.5. The maximum Gasteiger partial charge on any atom is 0.326 e. The summed E-state index contributed by atoms with van der Waals surface area (Å²) in [6.07, 6.45) is 3.78. The van der Waals surface area contributed by atoms with Crippen LogP contribution in [0.15, 0.2) is 75.9 Å². The molecule has 26 nitrogen and oxygen atoms in total. The average molecular weight is 1050 g/mol. The number of aliphatic imine (C=N–C) groups is 2. The van der Waals surface area contributed by atoms with Crippen LogP contribution in [0.25, 0.3) is 0 Å². The Morgan fingerprint density at radius 1 is 0.747 bits per heavy atom. The molecule has 0 aromatic heterocycles. The van der Waals surface area contributed by atoms with E-state index in [2.05, 4.69) is 47.2 Å². The monoisotopic (exact) mass is 1050 g/mol. The van der Waals surface area contributed by atoms with Crippen LogP contribution in [0.5, 0.6) is 0 Å². The minimum atomic E-state index is -1.93. The van der Waals surface area contributed by atoms with E-state index in [1.807, 2.05) is 43.3 Å². The Labute approximate surface area is 434 Å². The lowest BCUT2D eigenvalue weighted by atomic mass is 9.94. The molecular weight excluding hydrogens is 979 g/mol. The molecule has 1 heterocycles. The molecule has 412 valence electrons. The number of nitrogens with zero attached hydrogens (tertiary/aromatic N) is 2. The number of ether oxygens (including phenoxy) is 1. The predicted octanol–water partition coefficient (Wildman–Crippen LogP) is -1.66. The normalized spacial score (nSPS) is 23.7. The number of carbonyl (C=O) groups excluding carboxylic acids is 8. The van der Waals surface area contributed by atoms with Gasteiger partial charge in [-0.2, -0.15) is 0 Å². The van der Waals surface area contributed by atoms with E-state index in [0.29, 0.717) is 12.0 Å². The van der Waals surface area contributed by atoms with E-state index in [9.17, 15) is 58.2 Å². The van der Waals surface area contributed by atoms with Gasteiger partial charge in [0, 0.05) is 38.8 Å². The second kappa shape index (κ2) is 32.0. The van der Waals surface area contributed by atoms with E-state index in [1.54, 1.807) is 13.0 Å². The van der Waals surface area contributed by atoms with Gasteiger partial charge in [-0.3, -0.25) is 48.3 Å². The number of esters is 1. The van der Waals surface area contributed by atoms with Crippen molar-refractivity contribution in [2.45, 2.75) is 135 Å². The standard InChI is InChI=1S/C49H73N13O13/c1-7-32-43(68)56-29(5)42(67)60-35(16-12-22-55-49(52)53)45(70)62-37(47(73)74)25-40(65)58-34(15-11-21-54-48(50)51)44(69)59-33(28(4)41(66)61-36(46(71)72)19-20-39(64)57-32)18-17-26(2)23-27(3)38(75-30(6)63)24-31-13-9-8-10-14-31/h7-10,13-14,17-18,23,27-29,33-38H,11-12,15-16,19-22,24-25H2,1-6H3,(H,56,68)(H,57,64)(H,58,65)(H,59,69)(H,60,67)(H,61,66)(H,62,70)(H,71,72)(H,73,74)(H4,50,51,54)(H4,52,53,55)/b18-17+,26-23+,32-7-/t27-,28-,29+,33?,34?,35-,36+,37?,38-/m0/s1. The van der Waals surface area contributed by atoms with Gasteiger partial charge in [0.15, 0.2) is 11.9 Å². The van der Waals surface area contributed by atoms with Crippen LogP contribution in [0.2, 0.25) is 0 Å². The second-order valence-corrected chi connectivity index (χ2v) is 17.9. The summed E-state index contributed by atoms with van der Waals surface area (Å²) in [5, 5.41) is 37.4.